The minimum Gasteiger partial charge on any atom is -0.330 e. The third kappa shape index (κ3) is 2.14. The molecule has 2 heteroatoms. The summed E-state index contributed by atoms with van der Waals surface area (Å²) in [6, 6.07) is 10.8. The van der Waals surface area contributed by atoms with Crippen molar-refractivity contribution >= 4 is 0 Å². The smallest absolute Gasteiger partial charge is 0.00936 e. The predicted octanol–water partition coefficient (Wildman–Crippen LogP) is 1.43. The van der Waals surface area contributed by atoms with Gasteiger partial charge in [-0.1, -0.05) is 30.3 Å². The van der Waals surface area contributed by atoms with E-state index in [0.717, 1.165) is 18.9 Å². The fourth-order valence-corrected chi connectivity index (χ4v) is 2.00. The van der Waals surface area contributed by atoms with Gasteiger partial charge in [0.25, 0.3) is 0 Å². The van der Waals surface area contributed by atoms with Gasteiger partial charge in [0.05, 0.1) is 0 Å². The SMILES string of the molecule is NCCCN1CC(c2ccccc2)C1. The molecule has 0 atom stereocenters. The van der Waals surface area contributed by atoms with E-state index in [9.17, 15) is 0 Å². The van der Waals surface area contributed by atoms with Gasteiger partial charge in [0, 0.05) is 19.0 Å². The molecule has 2 rings (SSSR count). The Kier molecular flexibility index (Phi) is 3.17. The topological polar surface area (TPSA) is 29.3 Å². The van der Waals surface area contributed by atoms with Gasteiger partial charge in [-0.2, -0.15) is 0 Å². The standard InChI is InChI=1S/C12H18N2/c13-7-4-8-14-9-12(10-14)11-5-2-1-3-6-11/h1-3,5-6,12H,4,7-10,13H2. The first kappa shape index (κ1) is 9.69. The zero-order chi connectivity index (χ0) is 9.80. The van der Waals surface area contributed by atoms with Crippen molar-refractivity contribution in [3.8, 4) is 0 Å². The Morgan fingerprint density at radius 1 is 1.21 bits per heavy atom. The minimum absolute atomic E-state index is 0.758. The van der Waals surface area contributed by atoms with Gasteiger partial charge < -0.3 is 10.6 Å². The Morgan fingerprint density at radius 3 is 2.57 bits per heavy atom. The van der Waals surface area contributed by atoms with E-state index in [2.05, 4.69) is 35.2 Å². The zero-order valence-electron chi connectivity index (χ0n) is 8.52. The van der Waals surface area contributed by atoms with Gasteiger partial charge in [0.2, 0.25) is 0 Å². The first-order valence-electron chi connectivity index (χ1n) is 5.37. The van der Waals surface area contributed by atoms with E-state index in [-0.39, 0.29) is 0 Å². The van der Waals surface area contributed by atoms with E-state index >= 15 is 0 Å². The monoisotopic (exact) mass is 190 g/mol. The predicted molar refractivity (Wildman–Crippen MR) is 59.3 cm³/mol. The molecule has 0 radical (unpaired) electrons. The molecular weight excluding hydrogens is 172 g/mol. The van der Waals surface area contributed by atoms with Crippen LogP contribution in [0.25, 0.3) is 0 Å². The molecular formula is C12H18N2. The Bertz CT molecular complexity index is 265. The van der Waals surface area contributed by atoms with Crippen LogP contribution in [-0.2, 0) is 0 Å². The second-order valence-electron chi connectivity index (χ2n) is 4.01. The van der Waals surface area contributed by atoms with Gasteiger partial charge in [0.1, 0.15) is 0 Å². The molecule has 0 aliphatic carbocycles. The average Bonchev–Trinajstić information content (AvgIpc) is 2.17. The highest BCUT2D eigenvalue weighted by molar-refractivity contribution is 5.22. The normalized spacial score (nSPS) is 18.1. The summed E-state index contributed by atoms with van der Waals surface area (Å²) < 4.78 is 0. The quantitative estimate of drug-likeness (QED) is 0.778. The number of benzene rings is 1. The van der Waals surface area contributed by atoms with Crippen LogP contribution >= 0.6 is 0 Å². The summed E-state index contributed by atoms with van der Waals surface area (Å²) in [6.45, 7) is 4.40. The van der Waals surface area contributed by atoms with Crippen LogP contribution < -0.4 is 5.73 Å². The molecule has 1 aromatic rings. The number of rotatable bonds is 4. The van der Waals surface area contributed by atoms with Gasteiger partial charge >= 0.3 is 0 Å². The van der Waals surface area contributed by atoms with Gasteiger partial charge in [-0.3, -0.25) is 0 Å². The summed E-state index contributed by atoms with van der Waals surface area (Å²) in [5.41, 5.74) is 6.96. The maximum atomic E-state index is 5.47. The van der Waals surface area contributed by atoms with Gasteiger partial charge in [-0.05, 0) is 25.1 Å². The molecule has 1 heterocycles. The summed E-state index contributed by atoms with van der Waals surface area (Å²) in [7, 11) is 0. The van der Waals surface area contributed by atoms with Crippen molar-refractivity contribution in [2.75, 3.05) is 26.2 Å². The zero-order valence-corrected chi connectivity index (χ0v) is 8.52. The summed E-state index contributed by atoms with van der Waals surface area (Å²) in [5.74, 6) is 0.758. The Hall–Kier alpha value is -0.860. The van der Waals surface area contributed by atoms with Crippen LogP contribution in [0.5, 0.6) is 0 Å². The third-order valence-electron chi connectivity index (χ3n) is 2.91. The van der Waals surface area contributed by atoms with E-state index in [4.69, 9.17) is 5.73 Å². The highest BCUT2D eigenvalue weighted by atomic mass is 15.2. The van der Waals surface area contributed by atoms with Gasteiger partial charge in [-0.25, -0.2) is 0 Å². The average molecular weight is 190 g/mol. The van der Waals surface area contributed by atoms with Crippen LogP contribution in [0, 0.1) is 0 Å². The molecule has 76 valence electrons. The van der Waals surface area contributed by atoms with Gasteiger partial charge in [-0.15, -0.1) is 0 Å². The second-order valence-corrected chi connectivity index (χ2v) is 4.01. The molecule has 0 amide bonds. The van der Waals surface area contributed by atoms with Crippen LogP contribution in [0.1, 0.15) is 17.9 Å². The van der Waals surface area contributed by atoms with Crippen molar-refractivity contribution in [1.29, 1.82) is 0 Å². The number of hydrogen-bond acceptors (Lipinski definition) is 2. The first-order valence-corrected chi connectivity index (χ1v) is 5.37. The molecule has 0 unspecified atom stereocenters. The Labute approximate surface area is 85.7 Å². The molecule has 2 N–H and O–H groups in total. The lowest BCUT2D eigenvalue weighted by Crippen LogP contribution is -2.45. The molecule has 0 saturated carbocycles. The van der Waals surface area contributed by atoms with Crippen LogP contribution in [0.15, 0.2) is 30.3 Å². The van der Waals surface area contributed by atoms with Crippen LogP contribution in [0.2, 0.25) is 0 Å². The number of nitrogens with zero attached hydrogens (tertiary/aromatic N) is 1. The largest absolute Gasteiger partial charge is 0.330 e. The van der Waals surface area contributed by atoms with Crippen molar-refractivity contribution in [3.63, 3.8) is 0 Å². The molecule has 1 aromatic carbocycles. The summed E-state index contributed by atoms with van der Waals surface area (Å²) >= 11 is 0. The lowest BCUT2D eigenvalue weighted by molar-refractivity contribution is 0.147. The fourth-order valence-electron chi connectivity index (χ4n) is 2.00. The van der Waals surface area contributed by atoms with Crippen LogP contribution in [0.4, 0.5) is 0 Å². The van der Waals surface area contributed by atoms with E-state index in [1.165, 1.54) is 25.2 Å². The van der Waals surface area contributed by atoms with E-state index < -0.39 is 0 Å². The minimum atomic E-state index is 0.758. The van der Waals surface area contributed by atoms with E-state index in [1.807, 2.05) is 0 Å². The van der Waals surface area contributed by atoms with Crippen molar-refractivity contribution in [1.82, 2.24) is 4.90 Å². The second kappa shape index (κ2) is 4.58. The molecule has 1 saturated heterocycles. The summed E-state index contributed by atoms with van der Waals surface area (Å²) in [6.07, 6.45) is 1.13. The molecule has 1 aliphatic heterocycles. The Balaban J connectivity index is 1.78. The van der Waals surface area contributed by atoms with Crippen molar-refractivity contribution in [3.05, 3.63) is 35.9 Å². The van der Waals surface area contributed by atoms with E-state index in [0.29, 0.717) is 0 Å². The number of likely N-dealkylation sites (tertiary alicyclic amines) is 1. The van der Waals surface area contributed by atoms with Crippen molar-refractivity contribution < 1.29 is 0 Å². The lowest BCUT2D eigenvalue weighted by Gasteiger charge is -2.39. The summed E-state index contributed by atoms with van der Waals surface area (Å²) in [4.78, 5) is 2.48. The van der Waals surface area contributed by atoms with Crippen LogP contribution in [0.3, 0.4) is 0 Å². The first-order chi connectivity index (χ1) is 6.90. The van der Waals surface area contributed by atoms with Gasteiger partial charge in [0.15, 0.2) is 0 Å². The number of nitrogens with two attached hydrogens (primary N) is 1. The molecule has 1 fully saturated rings. The lowest BCUT2D eigenvalue weighted by atomic mass is 9.91. The molecule has 14 heavy (non-hydrogen) atoms. The fraction of sp³-hybridized carbons (Fsp3) is 0.500. The maximum Gasteiger partial charge on any atom is 0.00936 e. The molecule has 1 aliphatic rings. The van der Waals surface area contributed by atoms with Crippen molar-refractivity contribution in [2.45, 2.75) is 12.3 Å². The number of hydrogen-bond donors (Lipinski definition) is 1. The maximum absolute atomic E-state index is 5.47. The molecule has 2 nitrogen and oxygen atoms in total. The molecule has 0 aromatic heterocycles. The summed E-state index contributed by atoms with van der Waals surface area (Å²) in [5, 5.41) is 0. The highest BCUT2D eigenvalue weighted by Gasteiger charge is 2.26. The third-order valence-corrected chi connectivity index (χ3v) is 2.91. The van der Waals surface area contributed by atoms with Crippen LogP contribution in [-0.4, -0.2) is 31.1 Å². The molecule has 0 spiro atoms. The van der Waals surface area contributed by atoms with E-state index in [1.54, 1.807) is 0 Å². The molecule has 0 bridgehead atoms. The Morgan fingerprint density at radius 2 is 1.93 bits per heavy atom. The van der Waals surface area contributed by atoms with Crippen molar-refractivity contribution in [2.24, 2.45) is 5.73 Å². The highest BCUT2D eigenvalue weighted by Crippen LogP contribution is 2.26.